The lowest BCUT2D eigenvalue weighted by Crippen LogP contribution is -2.00. The van der Waals surface area contributed by atoms with Crippen molar-refractivity contribution in [1.82, 2.24) is 0 Å². The molecule has 0 spiro atoms. The summed E-state index contributed by atoms with van der Waals surface area (Å²) in [4.78, 5) is 12.0. The highest BCUT2D eigenvalue weighted by molar-refractivity contribution is 6.08. The van der Waals surface area contributed by atoms with Crippen LogP contribution in [0.2, 0.25) is 0 Å². The van der Waals surface area contributed by atoms with Crippen LogP contribution >= 0.6 is 0 Å². The van der Waals surface area contributed by atoms with Gasteiger partial charge in [0.25, 0.3) is 6.26 Å². The lowest BCUT2D eigenvalue weighted by Gasteiger charge is -2.01. The predicted octanol–water partition coefficient (Wildman–Crippen LogP) is 2.78. The Hall–Kier alpha value is -2.60. The van der Waals surface area contributed by atoms with Crippen molar-refractivity contribution in [3.05, 3.63) is 65.7 Å². The second-order valence-corrected chi connectivity index (χ2v) is 3.41. The molecule has 2 aromatic carbocycles. The molecule has 0 atom stereocenters. The Morgan fingerprint density at radius 3 is 2.12 bits per heavy atom. The smallest absolute Gasteiger partial charge is 0.292 e. The maximum atomic E-state index is 12.0. The minimum Gasteiger partial charge on any atom is -0.388 e. The fourth-order valence-electron chi connectivity index (χ4n) is 1.48. The number of ketones is 1. The largest absolute Gasteiger partial charge is 0.388 e. The van der Waals surface area contributed by atoms with Crippen molar-refractivity contribution in [2.24, 2.45) is 0 Å². The van der Waals surface area contributed by atoms with Crippen LogP contribution in [-0.4, -0.2) is 5.78 Å². The number of hydrogen-bond donors (Lipinski definition) is 0. The zero-order chi connectivity index (χ0) is 12.1. The molecule has 0 aliphatic carbocycles. The summed E-state index contributed by atoms with van der Waals surface area (Å²) < 4.78 is 4.64. The van der Waals surface area contributed by atoms with Gasteiger partial charge in [0.15, 0.2) is 5.78 Å². The molecule has 0 heterocycles. The van der Waals surface area contributed by atoms with Gasteiger partial charge in [0.1, 0.15) is 5.75 Å². The Morgan fingerprint density at radius 1 is 0.941 bits per heavy atom. The van der Waals surface area contributed by atoms with Gasteiger partial charge in [-0.2, -0.15) is 0 Å². The van der Waals surface area contributed by atoms with Crippen LogP contribution < -0.4 is 4.74 Å². The molecule has 3 nitrogen and oxygen atoms in total. The van der Waals surface area contributed by atoms with E-state index in [0.717, 1.165) is 0 Å². The van der Waals surface area contributed by atoms with E-state index in [4.69, 9.17) is 5.26 Å². The zero-order valence-corrected chi connectivity index (χ0v) is 8.96. The minimum atomic E-state index is -0.0471. The highest BCUT2D eigenvalue weighted by atomic mass is 16.5. The molecule has 0 unspecified atom stereocenters. The topological polar surface area (TPSA) is 50.1 Å². The number of benzene rings is 2. The first-order valence-corrected chi connectivity index (χ1v) is 5.07. The third-order valence-electron chi connectivity index (χ3n) is 2.32. The molecule has 2 rings (SSSR count). The van der Waals surface area contributed by atoms with Crippen LogP contribution in [0.15, 0.2) is 54.6 Å². The quantitative estimate of drug-likeness (QED) is 0.593. The molecule has 0 saturated heterocycles. The van der Waals surface area contributed by atoms with Gasteiger partial charge in [-0.15, -0.1) is 5.26 Å². The first-order valence-electron chi connectivity index (χ1n) is 5.07. The fourth-order valence-corrected chi connectivity index (χ4v) is 1.48. The molecule has 17 heavy (non-hydrogen) atoms. The van der Waals surface area contributed by atoms with Gasteiger partial charge in [-0.25, -0.2) is 0 Å². The molecule has 0 aromatic heterocycles. The highest BCUT2D eigenvalue weighted by Crippen LogP contribution is 2.15. The summed E-state index contributed by atoms with van der Waals surface area (Å²) in [5.41, 5.74) is 1.21. The van der Waals surface area contributed by atoms with Crippen molar-refractivity contribution >= 4 is 5.78 Å². The molecule has 0 aliphatic rings. The summed E-state index contributed by atoms with van der Waals surface area (Å²) in [7, 11) is 0. The average molecular weight is 223 g/mol. The van der Waals surface area contributed by atoms with Gasteiger partial charge in [-0.3, -0.25) is 4.79 Å². The van der Waals surface area contributed by atoms with E-state index in [-0.39, 0.29) is 5.78 Å². The monoisotopic (exact) mass is 223 g/mol. The van der Waals surface area contributed by atoms with Gasteiger partial charge in [0, 0.05) is 11.1 Å². The Labute approximate surface area is 98.9 Å². The van der Waals surface area contributed by atoms with E-state index in [1.165, 1.54) is 0 Å². The van der Waals surface area contributed by atoms with Gasteiger partial charge < -0.3 is 4.74 Å². The summed E-state index contributed by atoms with van der Waals surface area (Å²) in [6.07, 6.45) is 1.58. The third-order valence-corrected chi connectivity index (χ3v) is 2.32. The number of nitriles is 1. The zero-order valence-electron chi connectivity index (χ0n) is 8.96. The van der Waals surface area contributed by atoms with E-state index < -0.39 is 0 Å². The Bertz CT molecular complexity index is 553. The number of hydrogen-bond acceptors (Lipinski definition) is 3. The van der Waals surface area contributed by atoms with Gasteiger partial charge in [0.05, 0.1) is 0 Å². The number of carbonyl (C=O) groups excluding carboxylic acids is 1. The summed E-state index contributed by atoms with van der Waals surface area (Å²) >= 11 is 0. The van der Waals surface area contributed by atoms with Crippen molar-refractivity contribution < 1.29 is 9.53 Å². The van der Waals surface area contributed by atoms with E-state index in [1.807, 2.05) is 18.2 Å². The number of nitrogens with zero attached hydrogens (tertiary/aromatic N) is 1. The van der Waals surface area contributed by atoms with Crippen LogP contribution in [0.25, 0.3) is 0 Å². The van der Waals surface area contributed by atoms with E-state index in [2.05, 4.69) is 4.74 Å². The van der Waals surface area contributed by atoms with E-state index >= 15 is 0 Å². The molecule has 0 N–H and O–H groups in total. The molecular weight excluding hydrogens is 214 g/mol. The number of ether oxygens (including phenoxy) is 1. The highest BCUT2D eigenvalue weighted by Gasteiger charge is 2.07. The molecular formula is C14H9NO2. The van der Waals surface area contributed by atoms with Crippen LogP contribution in [0.4, 0.5) is 0 Å². The minimum absolute atomic E-state index is 0.0471. The predicted molar refractivity (Wildman–Crippen MR) is 62.6 cm³/mol. The van der Waals surface area contributed by atoms with E-state index in [9.17, 15) is 4.79 Å². The number of carbonyl (C=O) groups is 1. The lowest BCUT2D eigenvalue weighted by atomic mass is 10.0. The van der Waals surface area contributed by atoms with Crippen molar-refractivity contribution in [1.29, 1.82) is 5.26 Å². The fraction of sp³-hybridized carbons (Fsp3) is 0. The van der Waals surface area contributed by atoms with Crippen LogP contribution in [-0.2, 0) is 0 Å². The molecule has 0 saturated carbocycles. The first-order chi connectivity index (χ1) is 8.31. The summed E-state index contributed by atoms with van der Waals surface area (Å²) in [5.74, 6) is 0.381. The average Bonchev–Trinajstić information content (AvgIpc) is 2.40. The molecule has 0 fully saturated rings. The first kappa shape index (κ1) is 10.9. The molecule has 82 valence electrons. The Balaban J connectivity index is 2.24. The molecule has 0 radical (unpaired) electrons. The maximum Gasteiger partial charge on any atom is 0.292 e. The molecule has 0 aliphatic heterocycles. The Kier molecular flexibility index (Phi) is 3.18. The SMILES string of the molecule is N#COc1ccc(C(=O)c2ccccc2)cc1. The summed E-state index contributed by atoms with van der Waals surface area (Å²) in [5, 5.41) is 8.34. The second kappa shape index (κ2) is 4.95. The molecule has 0 amide bonds. The molecule has 2 aromatic rings. The standard InChI is InChI=1S/C14H9NO2/c15-10-17-13-8-6-12(7-9-13)14(16)11-4-2-1-3-5-11/h1-9H. The Morgan fingerprint density at radius 2 is 1.53 bits per heavy atom. The number of rotatable bonds is 3. The van der Waals surface area contributed by atoms with Crippen molar-refractivity contribution in [3.8, 4) is 12.0 Å². The summed E-state index contributed by atoms with van der Waals surface area (Å²) in [6.45, 7) is 0. The van der Waals surface area contributed by atoms with Crippen LogP contribution in [0, 0.1) is 11.5 Å². The maximum absolute atomic E-state index is 12.0. The van der Waals surface area contributed by atoms with Crippen LogP contribution in [0.1, 0.15) is 15.9 Å². The summed E-state index contributed by atoms with van der Waals surface area (Å²) in [6, 6.07) is 15.5. The van der Waals surface area contributed by atoms with Crippen LogP contribution in [0.5, 0.6) is 5.75 Å². The van der Waals surface area contributed by atoms with Crippen molar-refractivity contribution in [2.45, 2.75) is 0 Å². The molecule has 3 heteroatoms. The molecule has 0 bridgehead atoms. The van der Waals surface area contributed by atoms with Crippen LogP contribution in [0.3, 0.4) is 0 Å². The van der Waals surface area contributed by atoms with Crippen molar-refractivity contribution in [3.63, 3.8) is 0 Å². The normalized spacial score (nSPS) is 9.35. The van der Waals surface area contributed by atoms with E-state index in [0.29, 0.717) is 16.9 Å². The van der Waals surface area contributed by atoms with Gasteiger partial charge in [-0.05, 0) is 24.3 Å². The van der Waals surface area contributed by atoms with E-state index in [1.54, 1.807) is 42.7 Å². The van der Waals surface area contributed by atoms with Gasteiger partial charge in [-0.1, -0.05) is 30.3 Å². The van der Waals surface area contributed by atoms with Gasteiger partial charge in [0.2, 0.25) is 0 Å². The second-order valence-electron chi connectivity index (χ2n) is 3.41. The van der Waals surface area contributed by atoms with Crippen molar-refractivity contribution in [2.75, 3.05) is 0 Å². The van der Waals surface area contributed by atoms with Gasteiger partial charge >= 0.3 is 0 Å². The third kappa shape index (κ3) is 2.50. The lowest BCUT2D eigenvalue weighted by molar-refractivity contribution is 0.103.